The number of hydrogen-bond acceptors (Lipinski definition) is 4. The highest BCUT2D eigenvalue weighted by Crippen LogP contribution is 2.77. The van der Waals surface area contributed by atoms with Crippen LogP contribution in [0, 0.1) is 56.7 Å². The minimum atomic E-state index is -0.715. The molecule has 0 aliphatic heterocycles. The van der Waals surface area contributed by atoms with Crippen LogP contribution in [0.3, 0.4) is 0 Å². The summed E-state index contributed by atoms with van der Waals surface area (Å²) in [4.78, 5) is 12.8. The number of carboxylic acid groups (broad SMARTS) is 1. The van der Waals surface area contributed by atoms with E-state index in [2.05, 4.69) is 41.2 Å². The van der Waals surface area contributed by atoms with Crippen molar-refractivity contribution in [2.24, 2.45) is 56.7 Å². The van der Waals surface area contributed by atoms with E-state index in [1.807, 2.05) is 0 Å². The summed E-state index contributed by atoms with van der Waals surface area (Å²) in [6.07, 6.45) is 6.68. The lowest BCUT2D eigenvalue weighted by molar-refractivity contribution is -0.275. The van der Waals surface area contributed by atoms with E-state index < -0.39 is 17.5 Å². The second-order valence-electron chi connectivity index (χ2n) is 14.7. The van der Waals surface area contributed by atoms with Crippen molar-refractivity contribution < 1.29 is 25.2 Å². The molecule has 0 unspecified atom stereocenters. The number of carbonyl (C=O) groups is 1. The van der Waals surface area contributed by atoms with Gasteiger partial charge in [-0.3, -0.25) is 4.79 Å². The molecule has 0 radical (unpaired) electrons. The molecule has 11 atom stereocenters. The fourth-order valence-electron chi connectivity index (χ4n) is 11.7. The SMILES string of the molecule is C=C(CO)[C@@H]1CC[C@]2(C(=O)O)CC[C@]3(C)[C@H](CC[C@@H]4[C@@]5(C)CC[C@H](O)C(C)(C)[C@@H]5[C@H](O)C[C@]43C)[C@@H]12. The van der Waals surface area contributed by atoms with Gasteiger partial charge in [-0.15, -0.1) is 0 Å². The van der Waals surface area contributed by atoms with Crippen LogP contribution >= 0.6 is 0 Å². The predicted octanol–water partition coefficient (Wildman–Crippen LogP) is 5.03. The quantitative estimate of drug-likeness (QED) is 0.418. The van der Waals surface area contributed by atoms with Crippen LogP contribution in [0.4, 0.5) is 0 Å². The van der Waals surface area contributed by atoms with Gasteiger partial charge in [0.1, 0.15) is 0 Å². The third-order valence-corrected chi connectivity index (χ3v) is 13.5. The molecule has 5 saturated carbocycles. The van der Waals surface area contributed by atoms with E-state index in [0.29, 0.717) is 18.8 Å². The normalized spacial score (nSPS) is 54.7. The first-order valence-corrected chi connectivity index (χ1v) is 14.1. The highest BCUT2D eigenvalue weighted by molar-refractivity contribution is 5.76. The minimum Gasteiger partial charge on any atom is -0.481 e. The summed E-state index contributed by atoms with van der Waals surface area (Å²) in [5.74, 6) is 0.148. The molecule has 0 aromatic rings. The van der Waals surface area contributed by atoms with Gasteiger partial charge in [-0.05, 0) is 115 Å². The molecule has 5 aliphatic rings. The summed E-state index contributed by atoms with van der Waals surface area (Å²) in [7, 11) is 0. The van der Waals surface area contributed by atoms with E-state index in [-0.39, 0.29) is 58.0 Å². The average molecular weight is 489 g/mol. The Hall–Kier alpha value is -0.910. The predicted molar refractivity (Wildman–Crippen MR) is 135 cm³/mol. The first-order valence-electron chi connectivity index (χ1n) is 14.1. The topological polar surface area (TPSA) is 98.0 Å². The maximum Gasteiger partial charge on any atom is 0.309 e. The van der Waals surface area contributed by atoms with Crippen molar-refractivity contribution in [3.8, 4) is 0 Å². The summed E-state index contributed by atoms with van der Waals surface area (Å²) in [5.41, 5.74) is -0.467. The van der Waals surface area contributed by atoms with Crippen molar-refractivity contribution in [1.82, 2.24) is 0 Å². The Bertz CT molecular complexity index is 912. The maximum absolute atomic E-state index is 12.8. The van der Waals surface area contributed by atoms with Crippen LogP contribution in [0.5, 0.6) is 0 Å². The molecule has 198 valence electrons. The molecule has 5 heteroatoms. The Morgan fingerprint density at radius 2 is 1.60 bits per heavy atom. The molecule has 5 aliphatic carbocycles. The Morgan fingerprint density at radius 1 is 0.914 bits per heavy atom. The third-order valence-electron chi connectivity index (χ3n) is 13.5. The van der Waals surface area contributed by atoms with Gasteiger partial charge in [0.05, 0.1) is 24.2 Å². The van der Waals surface area contributed by atoms with Crippen molar-refractivity contribution >= 4 is 5.97 Å². The Morgan fingerprint density at radius 3 is 2.23 bits per heavy atom. The van der Waals surface area contributed by atoms with E-state index in [1.165, 1.54) is 0 Å². The zero-order valence-corrected chi connectivity index (χ0v) is 22.5. The second kappa shape index (κ2) is 7.80. The number of aliphatic hydroxyl groups is 3. The van der Waals surface area contributed by atoms with Gasteiger partial charge in [0.15, 0.2) is 0 Å². The maximum atomic E-state index is 12.8. The van der Waals surface area contributed by atoms with Crippen molar-refractivity contribution in [2.45, 2.75) is 105 Å². The van der Waals surface area contributed by atoms with Gasteiger partial charge in [-0.2, -0.15) is 0 Å². The zero-order valence-electron chi connectivity index (χ0n) is 22.5. The van der Waals surface area contributed by atoms with E-state index in [1.54, 1.807) is 0 Å². The molecule has 0 aromatic carbocycles. The molecule has 0 bridgehead atoms. The number of aliphatic carboxylic acids is 1. The van der Waals surface area contributed by atoms with Crippen molar-refractivity contribution in [1.29, 1.82) is 0 Å². The first-order chi connectivity index (χ1) is 16.2. The molecule has 35 heavy (non-hydrogen) atoms. The Balaban J connectivity index is 1.59. The lowest BCUT2D eigenvalue weighted by Gasteiger charge is -2.73. The highest BCUT2D eigenvalue weighted by Gasteiger charge is 2.73. The molecule has 0 aromatic heterocycles. The Kier molecular flexibility index (Phi) is 5.73. The van der Waals surface area contributed by atoms with Crippen LogP contribution in [-0.2, 0) is 4.79 Å². The van der Waals surface area contributed by atoms with Crippen molar-refractivity contribution in [3.05, 3.63) is 12.2 Å². The third kappa shape index (κ3) is 3.01. The number of aliphatic hydroxyl groups excluding tert-OH is 3. The average Bonchev–Trinajstić information content (AvgIpc) is 3.17. The molecule has 0 saturated heterocycles. The van der Waals surface area contributed by atoms with Crippen LogP contribution in [0.25, 0.3) is 0 Å². The summed E-state index contributed by atoms with van der Waals surface area (Å²) in [6, 6.07) is 0. The molecular formula is C30H48O5. The number of rotatable bonds is 3. The highest BCUT2D eigenvalue weighted by atomic mass is 16.4. The second-order valence-corrected chi connectivity index (χ2v) is 14.7. The molecule has 5 rings (SSSR count). The van der Waals surface area contributed by atoms with Gasteiger partial charge in [-0.25, -0.2) is 0 Å². The van der Waals surface area contributed by atoms with Crippen LogP contribution in [0.1, 0.15) is 92.4 Å². The largest absolute Gasteiger partial charge is 0.481 e. The zero-order chi connectivity index (χ0) is 25.8. The smallest absolute Gasteiger partial charge is 0.309 e. The standard InChI is InChI=1S/C30H48O5/c1-17(16-31)18-9-12-30(25(34)35)14-13-28(5)19(23(18)30)7-8-21-27(4)11-10-22(33)26(2,3)24(27)20(32)15-29(21,28)6/h18-24,31-33H,1,7-16H2,2-6H3,(H,34,35)/t18-,19+,20+,21+,22-,23+,24-,27+,28+,29+,30-/m0/s1. The minimum absolute atomic E-state index is 0.00321. The molecule has 5 fully saturated rings. The van der Waals surface area contributed by atoms with E-state index in [9.17, 15) is 25.2 Å². The van der Waals surface area contributed by atoms with Gasteiger partial charge in [0.25, 0.3) is 0 Å². The number of fused-ring (bicyclic) bond motifs is 7. The monoisotopic (exact) mass is 488 g/mol. The molecule has 0 spiro atoms. The molecule has 4 N–H and O–H groups in total. The van der Waals surface area contributed by atoms with Crippen LogP contribution < -0.4 is 0 Å². The fraction of sp³-hybridized carbons (Fsp3) is 0.900. The lowest BCUT2D eigenvalue weighted by Crippen LogP contribution is -2.70. The van der Waals surface area contributed by atoms with Gasteiger partial charge in [-0.1, -0.05) is 41.2 Å². The summed E-state index contributed by atoms with van der Waals surface area (Å²) in [6.45, 7) is 15.6. The summed E-state index contributed by atoms with van der Waals surface area (Å²) < 4.78 is 0. The number of hydrogen-bond donors (Lipinski definition) is 4. The van der Waals surface area contributed by atoms with Gasteiger partial charge in [0, 0.05) is 0 Å². The van der Waals surface area contributed by atoms with Gasteiger partial charge in [0.2, 0.25) is 0 Å². The van der Waals surface area contributed by atoms with E-state index in [0.717, 1.165) is 50.5 Å². The number of carboxylic acids is 1. The molecular weight excluding hydrogens is 440 g/mol. The Labute approximate surface area is 211 Å². The molecule has 5 nitrogen and oxygen atoms in total. The van der Waals surface area contributed by atoms with Crippen LogP contribution in [0.15, 0.2) is 12.2 Å². The molecule has 0 amide bonds. The summed E-state index contributed by atoms with van der Waals surface area (Å²) >= 11 is 0. The first kappa shape index (κ1) is 25.7. The molecule has 0 heterocycles. The van der Waals surface area contributed by atoms with Crippen molar-refractivity contribution in [3.63, 3.8) is 0 Å². The van der Waals surface area contributed by atoms with Crippen LogP contribution in [0.2, 0.25) is 0 Å². The van der Waals surface area contributed by atoms with Crippen molar-refractivity contribution in [2.75, 3.05) is 6.61 Å². The lowest BCUT2D eigenvalue weighted by atomic mass is 9.32. The van der Waals surface area contributed by atoms with E-state index >= 15 is 0 Å². The van der Waals surface area contributed by atoms with Crippen LogP contribution in [-0.4, -0.2) is 45.2 Å². The summed E-state index contributed by atoms with van der Waals surface area (Å²) in [5, 5.41) is 43.2. The van der Waals surface area contributed by atoms with Gasteiger partial charge >= 0.3 is 5.97 Å². The van der Waals surface area contributed by atoms with Gasteiger partial charge < -0.3 is 20.4 Å². The fourth-order valence-corrected chi connectivity index (χ4v) is 11.7. The van der Waals surface area contributed by atoms with E-state index in [4.69, 9.17) is 0 Å².